The van der Waals surface area contributed by atoms with Crippen molar-refractivity contribution in [2.45, 2.75) is 25.3 Å². The van der Waals surface area contributed by atoms with Crippen LogP contribution in [0, 0.1) is 0 Å². The fourth-order valence-electron chi connectivity index (χ4n) is 2.51. The van der Waals surface area contributed by atoms with Gasteiger partial charge in [-0.1, -0.05) is 0 Å². The first-order chi connectivity index (χ1) is 10.2. The van der Waals surface area contributed by atoms with Crippen molar-refractivity contribution in [3.05, 3.63) is 23.7 Å². The Morgan fingerprint density at radius 2 is 2.29 bits per heavy atom. The van der Waals surface area contributed by atoms with Gasteiger partial charge in [0.2, 0.25) is 5.28 Å². The molecule has 1 aliphatic rings. The van der Waals surface area contributed by atoms with Crippen molar-refractivity contribution in [2.75, 3.05) is 20.2 Å². The Morgan fingerprint density at radius 1 is 1.38 bits per heavy atom. The van der Waals surface area contributed by atoms with Gasteiger partial charge in [-0.25, -0.2) is 4.68 Å². The Balaban J connectivity index is 1.63. The monoisotopic (exact) mass is 308 g/mol. The molecule has 0 aliphatic carbocycles. The number of hydrogen-bond donors (Lipinski definition) is 0. The normalized spacial score (nSPS) is 19.0. The Hall–Kier alpha value is -1.73. The van der Waals surface area contributed by atoms with Gasteiger partial charge in [0.05, 0.1) is 6.61 Å². The zero-order valence-electron chi connectivity index (χ0n) is 11.8. The molecule has 7 nitrogen and oxygen atoms in total. The minimum absolute atomic E-state index is 0.100. The van der Waals surface area contributed by atoms with E-state index in [1.165, 1.54) is 17.5 Å². The van der Waals surface area contributed by atoms with Gasteiger partial charge in [-0.2, -0.15) is 20.1 Å². The molecule has 112 valence electrons. The molecule has 1 saturated heterocycles. The molecule has 1 atom stereocenters. The van der Waals surface area contributed by atoms with Gasteiger partial charge in [0.15, 0.2) is 0 Å². The molecule has 21 heavy (non-hydrogen) atoms. The van der Waals surface area contributed by atoms with E-state index in [2.05, 4.69) is 32.0 Å². The van der Waals surface area contributed by atoms with Crippen LogP contribution in [0.3, 0.4) is 0 Å². The van der Waals surface area contributed by atoms with E-state index < -0.39 is 0 Å². The lowest BCUT2D eigenvalue weighted by Crippen LogP contribution is -2.26. The van der Waals surface area contributed by atoms with Crippen LogP contribution >= 0.6 is 11.6 Å². The maximum atomic E-state index is 5.90. The van der Waals surface area contributed by atoms with E-state index in [4.69, 9.17) is 16.3 Å². The smallest absolute Gasteiger partial charge is 0.322 e. The Morgan fingerprint density at radius 3 is 3.00 bits per heavy atom. The summed E-state index contributed by atoms with van der Waals surface area (Å²) in [5.41, 5.74) is 0. The molecular formula is C13H17ClN6O. The molecule has 0 bridgehead atoms. The lowest BCUT2D eigenvalue weighted by Gasteiger charge is -2.18. The second-order valence-corrected chi connectivity index (χ2v) is 5.39. The van der Waals surface area contributed by atoms with Crippen LogP contribution in [0.25, 0.3) is 5.95 Å². The minimum atomic E-state index is 0.100. The highest BCUT2D eigenvalue weighted by Gasteiger charge is 2.20. The molecule has 1 aliphatic heterocycles. The van der Waals surface area contributed by atoms with Crippen LogP contribution in [0.5, 0.6) is 6.01 Å². The molecule has 0 N–H and O–H groups in total. The molecule has 1 unspecified atom stereocenters. The van der Waals surface area contributed by atoms with Crippen LogP contribution in [0.15, 0.2) is 18.5 Å². The lowest BCUT2D eigenvalue weighted by atomic mass is 10.2. The molecule has 1 fully saturated rings. The number of aromatic nitrogens is 5. The summed E-state index contributed by atoms with van der Waals surface area (Å²) in [6.07, 6.45) is 6.81. The second kappa shape index (κ2) is 6.36. The van der Waals surface area contributed by atoms with Gasteiger partial charge in [-0.3, -0.25) is 0 Å². The summed E-state index contributed by atoms with van der Waals surface area (Å²) in [5.74, 6) is 0.355. The maximum Gasteiger partial charge on any atom is 0.322 e. The third-order valence-electron chi connectivity index (χ3n) is 3.64. The number of halogens is 1. The molecule has 3 rings (SSSR count). The quantitative estimate of drug-likeness (QED) is 0.835. The first kappa shape index (κ1) is 14.2. The number of hydrogen-bond acceptors (Lipinski definition) is 6. The predicted octanol–water partition coefficient (Wildman–Crippen LogP) is 1.57. The van der Waals surface area contributed by atoms with Gasteiger partial charge in [-0.15, -0.1) is 0 Å². The second-order valence-electron chi connectivity index (χ2n) is 5.05. The lowest BCUT2D eigenvalue weighted by molar-refractivity contribution is 0.222. The van der Waals surface area contributed by atoms with Crippen molar-refractivity contribution in [3.8, 4) is 12.0 Å². The van der Waals surface area contributed by atoms with Crippen molar-refractivity contribution in [3.63, 3.8) is 0 Å². The van der Waals surface area contributed by atoms with E-state index in [0.717, 1.165) is 13.0 Å². The fraction of sp³-hybridized carbons (Fsp3) is 0.538. The molecule has 2 aromatic rings. The Kier molecular flexibility index (Phi) is 4.31. The van der Waals surface area contributed by atoms with E-state index >= 15 is 0 Å². The summed E-state index contributed by atoms with van der Waals surface area (Å²) in [6.45, 7) is 1.72. The van der Waals surface area contributed by atoms with Crippen LogP contribution in [0.1, 0.15) is 19.3 Å². The average Bonchev–Trinajstić information content (AvgIpc) is 3.10. The summed E-state index contributed by atoms with van der Waals surface area (Å²) >= 11 is 5.90. The average molecular weight is 309 g/mol. The molecule has 0 aromatic carbocycles. The third kappa shape index (κ3) is 3.48. The van der Waals surface area contributed by atoms with Crippen molar-refractivity contribution in [2.24, 2.45) is 0 Å². The van der Waals surface area contributed by atoms with Crippen molar-refractivity contribution >= 4 is 11.6 Å². The van der Waals surface area contributed by atoms with E-state index in [0.29, 0.717) is 18.6 Å². The first-order valence-electron chi connectivity index (χ1n) is 6.97. The van der Waals surface area contributed by atoms with Crippen molar-refractivity contribution in [1.82, 2.24) is 29.6 Å². The van der Waals surface area contributed by atoms with Crippen molar-refractivity contribution in [1.29, 1.82) is 0 Å². The highest BCUT2D eigenvalue weighted by atomic mass is 35.5. The van der Waals surface area contributed by atoms with Crippen molar-refractivity contribution < 1.29 is 4.74 Å². The van der Waals surface area contributed by atoms with Gasteiger partial charge in [0, 0.05) is 18.4 Å². The molecule has 0 radical (unpaired) electrons. The summed E-state index contributed by atoms with van der Waals surface area (Å²) < 4.78 is 7.14. The van der Waals surface area contributed by atoms with E-state index in [-0.39, 0.29) is 11.3 Å². The topological polar surface area (TPSA) is 69.0 Å². The summed E-state index contributed by atoms with van der Waals surface area (Å²) in [7, 11) is 2.15. The number of likely N-dealkylation sites (tertiary alicyclic amines) is 1. The number of nitrogens with zero attached hydrogens (tertiary/aromatic N) is 6. The zero-order chi connectivity index (χ0) is 14.7. The number of rotatable bonds is 5. The highest BCUT2D eigenvalue weighted by Crippen LogP contribution is 2.18. The van der Waals surface area contributed by atoms with E-state index in [1.54, 1.807) is 18.5 Å². The summed E-state index contributed by atoms with van der Waals surface area (Å²) in [4.78, 5) is 14.6. The summed E-state index contributed by atoms with van der Waals surface area (Å²) in [5, 5.41) is 4.17. The van der Waals surface area contributed by atoms with Crippen LogP contribution in [-0.2, 0) is 0 Å². The molecule has 0 amide bonds. The van der Waals surface area contributed by atoms with E-state index in [9.17, 15) is 0 Å². The van der Waals surface area contributed by atoms with Gasteiger partial charge >= 0.3 is 6.01 Å². The van der Waals surface area contributed by atoms with Gasteiger partial charge < -0.3 is 9.64 Å². The Labute approximate surface area is 127 Å². The molecule has 8 heteroatoms. The standard InChI is InChI=1S/C13H17ClN6O/c1-19-7-2-4-10(19)5-9-21-13-17-11(14)16-12(18-13)20-8-3-6-15-20/h3,6,8,10H,2,4-5,7,9H2,1H3. The van der Waals surface area contributed by atoms with Crippen LogP contribution in [-0.4, -0.2) is 55.9 Å². The highest BCUT2D eigenvalue weighted by molar-refractivity contribution is 6.28. The fourth-order valence-corrected chi connectivity index (χ4v) is 2.65. The van der Waals surface area contributed by atoms with Gasteiger partial charge in [-0.05, 0) is 50.5 Å². The molecule has 0 spiro atoms. The first-order valence-corrected chi connectivity index (χ1v) is 7.35. The van der Waals surface area contributed by atoms with Crippen LogP contribution in [0.4, 0.5) is 0 Å². The molecule has 0 saturated carbocycles. The molecular weight excluding hydrogens is 292 g/mol. The predicted molar refractivity (Wildman–Crippen MR) is 77.7 cm³/mol. The van der Waals surface area contributed by atoms with Gasteiger partial charge in [0.1, 0.15) is 0 Å². The van der Waals surface area contributed by atoms with Crippen LogP contribution in [0.2, 0.25) is 5.28 Å². The van der Waals surface area contributed by atoms with E-state index in [1.807, 2.05) is 0 Å². The SMILES string of the molecule is CN1CCCC1CCOc1nc(Cl)nc(-n2cccn2)n1. The van der Waals surface area contributed by atoms with Crippen LogP contribution < -0.4 is 4.74 Å². The summed E-state index contributed by atoms with van der Waals surface area (Å²) in [6, 6.07) is 2.60. The minimum Gasteiger partial charge on any atom is -0.463 e. The van der Waals surface area contributed by atoms with Gasteiger partial charge in [0.25, 0.3) is 5.95 Å². The maximum absolute atomic E-state index is 5.90. The molecule has 3 heterocycles. The molecule has 2 aromatic heterocycles. The zero-order valence-corrected chi connectivity index (χ0v) is 12.6. The third-order valence-corrected chi connectivity index (χ3v) is 3.81. The largest absolute Gasteiger partial charge is 0.463 e. The number of ether oxygens (including phenoxy) is 1. The Bertz CT molecular complexity index is 590.